The maximum atomic E-state index is 12.8. The normalized spacial score (nSPS) is 28.4. The van der Waals surface area contributed by atoms with Gasteiger partial charge in [0.05, 0.1) is 12.1 Å². The molecule has 2 atom stereocenters. The Morgan fingerprint density at radius 1 is 1.22 bits per heavy atom. The van der Waals surface area contributed by atoms with E-state index in [-0.39, 0.29) is 17.5 Å². The Bertz CT molecular complexity index is 467. The number of aliphatic hydroxyl groups excluding tert-OH is 1. The molecule has 0 spiro atoms. The number of rotatable bonds is 2. The van der Waals surface area contributed by atoms with E-state index in [2.05, 4.69) is 14.8 Å². The second kappa shape index (κ2) is 3.98. The summed E-state index contributed by atoms with van der Waals surface area (Å²) in [5.74, 6) is 0.0370. The first-order valence-electron chi connectivity index (χ1n) is 5.88. The minimum atomic E-state index is -3.59. The van der Waals surface area contributed by atoms with Crippen LogP contribution in [0.3, 0.4) is 0 Å². The van der Waals surface area contributed by atoms with Gasteiger partial charge in [-0.2, -0.15) is 0 Å². The van der Waals surface area contributed by atoms with Crippen molar-refractivity contribution in [1.82, 2.24) is 0 Å². The summed E-state index contributed by atoms with van der Waals surface area (Å²) in [5.41, 5.74) is 0.640. The fourth-order valence-electron chi connectivity index (χ4n) is 2.36. The van der Waals surface area contributed by atoms with Crippen LogP contribution in [0.2, 0.25) is 0 Å². The van der Waals surface area contributed by atoms with E-state index in [0.29, 0.717) is 5.69 Å². The lowest BCUT2D eigenvalue weighted by molar-refractivity contribution is -0.286. The van der Waals surface area contributed by atoms with E-state index >= 15 is 0 Å². The van der Waals surface area contributed by atoms with Crippen molar-refractivity contribution in [3.8, 4) is 11.5 Å². The number of hydrogen-bond donors (Lipinski definition) is 2. The van der Waals surface area contributed by atoms with Gasteiger partial charge in [-0.15, -0.1) is 8.78 Å². The molecule has 3 rings (SSSR count). The molecule has 0 unspecified atom stereocenters. The highest BCUT2D eigenvalue weighted by Gasteiger charge is 2.43. The Labute approximate surface area is 103 Å². The fourth-order valence-corrected chi connectivity index (χ4v) is 2.36. The van der Waals surface area contributed by atoms with Crippen LogP contribution >= 0.6 is 0 Å². The molecule has 2 aliphatic rings. The number of fused-ring (bicyclic) bond motifs is 1. The van der Waals surface area contributed by atoms with Gasteiger partial charge in [-0.25, -0.2) is 0 Å². The molecule has 0 aromatic heterocycles. The Hall–Kier alpha value is -1.56. The summed E-state index contributed by atoms with van der Waals surface area (Å²) < 4.78 is 34.3. The SMILES string of the molecule is O[C@@H]1CCC[C@H]1Nc1ccc2c(c1)OC(F)(F)O2. The Balaban J connectivity index is 1.76. The molecule has 0 saturated heterocycles. The molecule has 2 N–H and O–H groups in total. The summed E-state index contributed by atoms with van der Waals surface area (Å²) in [7, 11) is 0. The average molecular weight is 257 g/mol. The monoisotopic (exact) mass is 257 g/mol. The highest BCUT2D eigenvalue weighted by Crippen LogP contribution is 2.42. The topological polar surface area (TPSA) is 50.7 Å². The van der Waals surface area contributed by atoms with Crippen molar-refractivity contribution in [1.29, 1.82) is 0 Å². The van der Waals surface area contributed by atoms with Crippen molar-refractivity contribution in [2.45, 2.75) is 37.7 Å². The fraction of sp³-hybridized carbons (Fsp3) is 0.500. The number of nitrogens with one attached hydrogen (secondary N) is 1. The zero-order valence-corrected chi connectivity index (χ0v) is 9.53. The van der Waals surface area contributed by atoms with Crippen molar-refractivity contribution < 1.29 is 23.4 Å². The number of hydrogen-bond acceptors (Lipinski definition) is 4. The van der Waals surface area contributed by atoms with Crippen LogP contribution in [0.25, 0.3) is 0 Å². The van der Waals surface area contributed by atoms with Crippen LogP contribution in [-0.2, 0) is 0 Å². The third kappa shape index (κ3) is 2.08. The number of benzene rings is 1. The molecule has 1 aliphatic heterocycles. The van der Waals surface area contributed by atoms with Gasteiger partial charge < -0.3 is 19.9 Å². The molecule has 6 heteroatoms. The van der Waals surface area contributed by atoms with Crippen LogP contribution in [0.4, 0.5) is 14.5 Å². The second-order valence-electron chi connectivity index (χ2n) is 4.58. The summed E-state index contributed by atoms with van der Waals surface area (Å²) in [6.45, 7) is 0. The van der Waals surface area contributed by atoms with Gasteiger partial charge in [-0.05, 0) is 31.4 Å². The predicted molar refractivity (Wildman–Crippen MR) is 59.9 cm³/mol. The molecule has 1 heterocycles. The molecule has 0 radical (unpaired) electrons. The number of anilines is 1. The summed E-state index contributed by atoms with van der Waals surface area (Å²) >= 11 is 0. The van der Waals surface area contributed by atoms with E-state index in [1.165, 1.54) is 12.1 Å². The molecule has 1 saturated carbocycles. The van der Waals surface area contributed by atoms with Gasteiger partial charge in [0.25, 0.3) is 0 Å². The van der Waals surface area contributed by atoms with Crippen molar-refractivity contribution in [3.63, 3.8) is 0 Å². The largest absolute Gasteiger partial charge is 0.586 e. The maximum Gasteiger partial charge on any atom is 0.586 e. The molecule has 1 aromatic rings. The summed E-state index contributed by atoms with van der Waals surface area (Å²) in [6, 6.07) is 4.49. The van der Waals surface area contributed by atoms with Gasteiger partial charge in [-0.3, -0.25) is 0 Å². The molecule has 1 aliphatic carbocycles. The van der Waals surface area contributed by atoms with Crippen LogP contribution in [-0.4, -0.2) is 23.5 Å². The van der Waals surface area contributed by atoms with Crippen LogP contribution in [0.15, 0.2) is 18.2 Å². The lowest BCUT2D eigenvalue weighted by atomic mass is 10.2. The number of halogens is 2. The molecule has 1 fully saturated rings. The van der Waals surface area contributed by atoms with Gasteiger partial charge in [0.15, 0.2) is 11.5 Å². The maximum absolute atomic E-state index is 12.8. The number of aliphatic hydroxyl groups is 1. The highest BCUT2D eigenvalue weighted by atomic mass is 19.3. The lowest BCUT2D eigenvalue weighted by Gasteiger charge is -2.17. The number of alkyl halides is 2. The van der Waals surface area contributed by atoms with Crippen LogP contribution < -0.4 is 14.8 Å². The zero-order chi connectivity index (χ0) is 12.8. The molecule has 0 amide bonds. The predicted octanol–water partition coefficient (Wildman–Crippen LogP) is 2.33. The molecule has 98 valence electrons. The van der Waals surface area contributed by atoms with E-state index in [0.717, 1.165) is 19.3 Å². The van der Waals surface area contributed by atoms with Crippen molar-refractivity contribution in [2.75, 3.05) is 5.32 Å². The van der Waals surface area contributed by atoms with Crippen LogP contribution in [0.5, 0.6) is 11.5 Å². The highest BCUT2D eigenvalue weighted by molar-refractivity contribution is 5.56. The quantitative estimate of drug-likeness (QED) is 0.853. The summed E-state index contributed by atoms with van der Waals surface area (Å²) in [6.07, 6.45) is -1.39. The molecule has 0 bridgehead atoms. The van der Waals surface area contributed by atoms with Crippen molar-refractivity contribution >= 4 is 5.69 Å². The van der Waals surface area contributed by atoms with E-state index in [9.17, 15) is 13.9 Å². The summed E-state index contributed by atoms with van der Waals surface area (Å²) in [5, 5.41) is 12.8. The Morgan fingerprint density at radius 3 is 2.72 bits per heavy atom. The molecular formula is C12H13F2NO3. The van der Waals surface area contributed by atoms with Crippen LogP contribution in [0.1, 0.15) is 19.3 Å². The first kappa shape index (κ1) is 11.5. The van der Waals surface area contributed by atoms with E-state index in [4.69, 9.17) is 0 Å². The minimum Gasteiger partial charge on any atom is -0.395 e. The third-order valence-corrected chi connectivity index (χ3v) is 3.23. The minimum absolute atomic E-state index is 0.0116. The molecular weight excluding hydrogens is 244 g/mol. The first-order valence-corrected chi connectivity index (χ1v) is 5.88. The van der Waals surface area contributed by atoms with E-state index in [1.54, 1.807) is 6.07 Å². The van der Waals surface area contributed by atoms with E-state index < -0.39 is 12.4 Å². The zero-order valence-electron chi connectivity index (χ0n) is 9.53. The summed E-state index contributed by atoms with van der Waals surface area (Å²) in [4.78, 5) is 0. The van der Waals surface area contributed by atoms with Gasteiger partial charge in [0.2, 0.25) is 0 Å². The lowest BCUT2D eigenvalue weighted by Crippen LogP contribution is -2.27. The van der Waals surface area contributed by atoms with Crippen LogP contribution in [0, 0.1) is 0 Å². The van der Waals surface area contributed by atoms with Crippen molar-refractivity contribution in [3.05, 3.63) is 18.2 Å². The Kier molecular flexibility index (Phi) is 2.55. The van der Waals surface area contributed by atoms with Crippen molar-refractivity contribution in [2.24, 2.45) is 0 Å². The Morgan fingerprint density at radius 2 is 2.00 bits per heavy atom. The number of ether oxygens (including phenoxy) is 2. The van der Waals surface area contributed by atoms with Gasteiger partial charge >= 0.3 is 6.29 Å². The third-order valence-electron chi connectivity index (χ3n) is 3.23. The average Bonchev–Trinajstić information content (AvgIpc) is 2.80. The smallest absolute Gasteiger partial charge is 0.395 e. The van der Waals surface area contributed by atoms with Gasteiger partial charge in [0, 0.05) is 11.8 Å². The van der Waals surface area contributed by atoms with Gasteiger partial charge in [0.1, 0.15) is 0 Å². The standard InChI is InChI=1S/C12H13F2NO3/c13-12(14)17-10-5-4-7(6-11(10)18-12)15-8-2-1-3-9(8)16/h4-6,8-9,15-16H,1-3H2/t8-,9-/m1/s1. The first-order chi connectivity index (χ1) is 8.53. The molecule has 18 heavy (non-hydrogen) atoms. The van der Waals surface area contributed by atoms with Gasteiger partial charge in [-0.1, -0.05) is 0 Å². The molecule has 4 nitrogen and oxygen atoms in total. The second-order valence-corrected chi connectivity index (χ2v) is 4.58. The molecule has 1 aromatic carbocycles. The van der Waals surface area contributed by atoms with E-state index in [1.807, 2.05) is 0 Å².